The summed E-state index contributed by atoms with van der Waals surface area (Å²) in [7, 11) is 0. The summed E-state index contributed by atoms with van der Waals surface area (Å²) in [5.74, 6) is -1.24. The summed E-state index contributed by atoms with van der Waals surface area (Å²) in [6, 6.07) is 4.62. The largest absolute Gasteiger partial charge is 0.456 e. The standard InChI is InChI=1S/C20H25FN4O5S/c1-13(31)22-10-16-11-25(20(28)30-16)15-3-4-18(17(21)9-15)23-5-7-24(8-6-23)19(27)12-29-14(2)26/h3-4,9,16H,5-8,10-12H2,1-2H3,(H,22,31)/t16-/m0/s1. The zero-order valence-electron chi connectivity index (χ0n) is 17.4. The molecule has 11 heteroatoms. The van der Waals surface area contributed by atoms with Gasteiger partial charge in [0.25, 0.3) is 5.91 Å². The lowest BCUT2D eigenvalue weighted by Gasteiger charge is -2.36. The molecule has 2 aliphatic heterocycles. The Hall–Kier alpha value is -2.95. The van der Waals surface area contributed by atoms with Crippen LogP contribution in [0, 0.1) is 5.82 Å². The minimum Gasteiger partial charge on any atom is -0.456 e. The molecule has 3 rings (SSSR count). The van der Waals surface area contributed by atoms with Crippen LogP contribution in [0.5, 0.6) is 0 Å². The number of carbonyl (C=O) groups is 3. The van der Waals surface area contributed by atoms with Crippen molar-refractivity contribution in [1.29, 1.82) is 0 Å². The van der Waals surface area contributed by atoms with E-state index in [1.165, 1.54) is 17.9 Å². The summed E-state index contributed by atoms with van der Waals surface area (Å²) in [6.45, 7) is 5.09. The second-order valence-corrected chi connectivity index (χ2v) is 7.95. The van der Waals surface area contributed by atoms with Gasteiger partial charge in [-0.25, -0.2) is 9.18 Å². The summed E-state index contributed by atoms with van der Waals surface area (Å²) < 4.78 is 24.9. The van der Waals surface area contributed by atoms with Gasteiger partial charge in [-0.15, -0.1) is 0 Å². The molecule has 2 amide bonds. The molecule has 0 spiro atoms. The van der Waals surface area contributed by atoms with Crippen LogP contribution in [0.3, 0.4) is 0 Å². The molecule has 2 heterocycles. The van der Waals surface area contributed by atoms with E-state index < -0.39 is 17.9 Å². The molecule has 1 atom stereocenters. The Morgan fingerprint density at radius 3 is 2.58 bits per heavy atom. The lowest BCUT2D eigenvalue weighted by Crippen LogP contribution is -2.50. The van der Waals surface area contributed by atoms with Gasteiger partial charge in [0.05, 0.1) is 29.5 Å². The van der Waals surface area contributed by atoms with Crippen molar-refractivity contribution in [3.05, 3.63) is 24.0 Å². The van der Waals surface area contributed by atoms with E-state index in [1.807, 2.05) is 4.90 Å². The number of nitrogens with one attached hydrogen (secondary N) is 1. The Labute approximate surface area is 185 Å². The van der Waals surface area contributed by atoms with Crippen LogP contribution in [0.15, 0.2) is 18.2 Å². The fourth-order valence-electron chi connectivity index (χ4n) is 3.47. The summed E-state index contributed by atoms with van der Waals surface area (Å²) in [5.41, 5.74) is 0.820. The first kappa shape index (κ1) is 22.7. The number of amides is 2. The molecule has 1 N–H and O–H groups in total. The predicted molar refractivity (Wildman–Crippen MR) is 116 cm³/mol. The minimum atomic E-state index is -0.527. The van der Waals surface area contributed by atoms with Crippen LogP contribution in [-0.2, 0) is 19.1 Å². The number of halogens is 1. The number of piperazine rings is 1. The van der Waals surface area contributed by atoms with Gasteiger partial charge < -0.3 is 24.6 Å². The fourth-order valence-corrected chi connectivity index (χ4v) is 3.55. The van der Waals surface area contributed by atoms with Crippen molar-refractivity contribution in [2.45, 2.75) is 20.0 Å². The maximum atomic E-state index is 14.8. The number of hydrogen-bond donors (Lipinski definition) is 1. The number of esters is 1. The Kier molecular flexibility index (Phi) is 7.26. The number of carbonyl (C=O) groups excluding carboxylic acids is 3. The van der Waals surface area contributed by atoms with Gasteiger partial charge in [-0.2, -0.15) is 0 Å². The summed E-state index contributed by atoms with van der Waals surface area (Å²) >= 11 is 4.96. The molecule has 2 aliphatic rings. The molecule has 0 bridgehead atoms. The first-order valence-electron chi connectivity index (χ1n) is 9.93. The summed E-state index contributed by atoms with van der Waals surface area (Å²) in [6.07, 6.45) is -0.897. The van der Waals surface area contributed by atoms with E-state index in [-0.39, 0.29) is 18.6 Å². The molecular formula is C20H25FN4O5S. The molecule has 168 valence electrons. The third-order valence-corrected chi connectivity index (χ3v) is 5.21. The van der Waals surface area contributed by atoms with E-state index in [0.29, 0.717) is 55.6 Å². The number of benzene rings is 1. The van der Waals surface area contributed by atoms with Crippen molar-refractivity contribution in [3.8, 4) is 0 Å². The fraction of sp³-hybridized carbons (Fsp3) is 0.500. The quantitative estimate of drug-likeness (QED) is 0.510. The van der Waals surface area contributed by atoms with Crippen molar-refractivity contribution in [1.82, 2.24) is 10.2 Å². The highest BCUT2D eigenvalue weighted by molar-refractivity contribution is 7.80. The van der Waals surface area contributed by atoms with Gasteiger partial charge in [-0.05, 0) is 25.1 Å². The second kappa shape index (κ2) is 9.90. The molecule has 0 unspecified atom stereocenters. The van der Waals surface area contributed by atoms with Gasteiger partial charge in [-0.1, -0.05) is 12.2 Å². The molecule has 2 saturated heterocycles. The molecule has 9 nitrogen and oxygen atoms in total. The predicted octanol–water partition coefficient (Wildman–Crippen LogP) is 1.30. The van der Waals surface area contributed by atoms with Gasteiger partial charge in [0.1, 0.15) is 11.9 Å². The van der Waals surface area contributed by atoms with Gasteiger partial charge in [0.15, 0.2) is 6.61 Å². The zero-order chi connectivity index (χ0) is 22.5. The highest BCUT2D eigenvalue weighted by atomic mass is 32.1. The molecule has 0 aliphatic carbocycles. The van der Waals surface area contributed by atoms with Gasteiger partial charge in [-0.3, -0.25) is 14.5 Å². The van der Waals surface area contributed by atoms with Crippen LogP contribution in [0.25, 0.3) is 0 Å². The SMILES string of the molecule is CC(=O)OCC(=O)N1CCN(c2ccc(N3C[C@H](CNC(C)=S)OC3=O)cc2F)CC1. The molecule has 1 aromatic rings. The molecule has 31 heavy (non-hydrogen) atoms. The van der Waals surface area contributed by atoms with Crippen molar-refractivity contribution >= 4 is 46.6 Å². The van der Waals surface area contributed by atoms with Gasteiger partial charge >= 0.3 is 12.1 Å². The number of anilines is 2. The number of ether oxygens (including phenoxy) is 2. The molecule has 0 aromatic heterocycles. The maximum Gasteiger partial charge on any atom is 0.414 e. The van der Waals surface area contributed by atoms with E-state index in [2.05, 4.69) is 5.32 Å². The van der Waals surface area contributed by atoms with Crippen molar-refractivity contribution < 1.29 is 28.2 Å². The maximum absolute atomic E-state index is 14.8. The zero-order valence-corrected chi connectivity index (χ0v) is 18.2. The van der Waals surface area contributed by atoms with Crippen LogP contribution in [0.4, 0.5) is 20.6 Å². The monoisotopic (exact) mass is 452 g/mol. The third-order valence-electron chi connectivity index (χ3n) is 5.07. The van der Waals surface area contributed by atoms with E-state index in [4.69, 9.17) is 21.7 Å². The highest BCUT2D eigenvalue weighted by Gasteiger charge is 2.33. The van der Waals surface area contributed by atoms with Gasteiger partial charge in [0.2, 0.25) is 0 Å². The van der Waals surface area contributed by atoms with Crippen LogP contribution >= 0.6 is 12.2 Å². The molecular weight excluding hydrogens is 427 g/mol. The number of thiocarbonyl (C=S) groups is 1. The summed E-state index contributed by atoms with van der Waals surface area (Å²) in [4.78, 5) is 40.5. The number of nitrogens with zero attached hydrogens (tertiary/aromatic N) is 3. The first-order chi connectivity index (χ1) is 14.7. The topological polar surface area (TPSA) is 91.4 Å². The highest BCUT2D eigenvalue weighted by Crippen LogP contribution is 2.28. The number of rotatable bonds is 6. The first-order valence-corrected chi connectivity index (χ1v) is 10.3. The van der Waals surface area contributed by atoms with Crippen molar-refractivity contribution in [2.24, 2.45) is 0 Å². The lowest BCUT2D eigenvalue weighted by atomic mass is 10.2. The normalized spacial score (nSPS) is 18.6. The Morgan fingerprint density at radius 1 is 1.26 bits per heavy atom. The van der Waals surface area contributed by atoms with E-state index >= 15 is 0 Å². The van der Waals surface area contributed by atoms with Crippen molar-refractivity contribution in [3.63, 3.8) is 0 Å². The lowest BCUT2D eigenvalue weighted by molar-refractivity contribution is -0.150. The Balaban J connectivity index is 1.58. The third kappa shape index (κ3) is 5.81. The average Bonchev–Trinajstić information content (AvgIpc) is 3.11. The van der Waals surface area contributed by atoms with E-state index in [9.17, 15) is 18.8 Å². The van der Waals surface area contributed by atoms with Crippen LogP contribution < -0.4 is 15.1 Å². The molecule has 2 fully saturated rings. The van der Waals surface area contributed by atoms with E-state index in [0.717, 1.165) is 0 Å². The van der Waals surface area contributed by atoms with Gasteiger partial charge in [0, 0.05) is 33.1 Å². The van der Waals surface area contributed by atoms with Crippen LogP contribution in [0.1, 0.15) is 13.8 Å². The Bertz CT molecular complexity index is 875. The average molecular weight is 453 g/mol. The summed E-state index contributed by atoms with van der Waals surface area (Å²) in [5, 5.41) is 2.96. The second-order valence-electron chi connectivity index (χ2n) is 7.34. The van der Waals surface area contributed by atoms with Crippen LogP contribution in [0.2, 0.25) is 0 Å². The molecule has 1 aromatic carbocycles. The Morgan fingerprint density at radius 2 is 1.97 bits per heavy atom. The minimum absolute atomic E-state index is 0.272. The van der Waals surface area contributed by atoms with Crippen molar-refractivity contribution in [2.75, 3.05) is 55.7 Å². The van der Waals surface area contributed by atoms with Crippen LogP contribution in [-0.4, -0.2) is 79.8 Å². The molecule has 0 saturated carbocycles. The number of hydrogen-bond acceptors (Lipinski definition) is 7. The van der Waals surface area contributed by atoms with E-state index in [1.54, 1.807) is 24.0 Å². The smallest absolute Gasteiger partial charge is 0.414 e. The number of cyclic esters (lactones) is 1. The molecule has 0 radical (unpaired) electrons.